The second-order valence-corrected chi connectivity index (χ2v) is 3.76. The van der Waals surface area contributed by atoms with E-state index in [0.717, 1.165) is 5.56 Å². The van der Waals surface area contributed by atoms with Gasteiger partial charge in [0.25, 0.3) is 0 Å². The van der Waals surface area contributed by atoms with Crippen molar-refractivity contribution in [3.05, 3.63) is 35.9 Å². The molecule has 0 amide bonds. The van der Waals surface area contributed by atoms with Gasteiger partial charge in [0, 0.05) is 19.5 Å². The van der Waals surface area contributed by atoms with E-state index < -0.39 is 0 Å². The van der Waals surface area contributed by atoms with E-state index in [9.17, 15) is 0 Å². The Hall–Kier alpha value is -1.84. The molecule has 0 aromatic heterocycles. The minimum Gasteiger partial charge on any atom is -0.304 e. The summed E-state index contributed by atoms with van der Waals surface area (Å²) in [6.45, 7) is 1.38. The fourth-order valence-electron chi connectivity index (χ4n) is 1.55. The number of hydrogen-bond donors (Lipinski definition) is 0. The van der Waals surface area contributed by atoms with Crippen molar-refractivity contribution in [1.82, 2.24) is 4.90 Å². The topological polar surface area (TPSA) is 50.8 Å². The van der Waals surface area contributed by atoms with E-state index in [1.807, 2.05) is 42.3 Å². The van der Waals surface area contributed by atoms with Gasteiger partial charge >= 0.3 is 0 Å². The minimum atomic E-state index is -0.120. The molecule has 0 heterocycles. The normalized spacial score (nSPS) is 11.8. The lowest BCUT2D eigenvalue weighted by molar-refractivity contribution is 0.335. The van der Waals surface area contributed by atoms with E-state index >= 15 is 0 Å². The van der Waals surface area contributed by atoms with Gasteiger partial charge in [0.1, 0.15) is 0 Å². The molecule has 1 atom stereocenters. The average molecular weight is 213 g/mol. The number of nitriles is 2. The Morgan fingerprint density at radius 3 is 2.50 bits per heavy atom. The largest absolute Gasteiger partial charge is 0.304 e. The molecule has 0 fully saturated rings. The molecule has 0 aliphatic rings. The monoisotopic (exact) mass is 213 g/mol. The lowest BCUT2D eigenvalue weighted by Crippen LogP contribution is -2.25. The van der Waals surface area contributed by atoms with Gasteiger partial charge in [0.05, 0.1) is 18.1 Å². The molecule has 0 spiro atoms. The van der Waals surface area contributed by atoms with Crippen LogP contribution in [-0.2, 0) is 0 Å². The highest BCUT2D eigenvalue weighted by Gasteiger charge is 2.12. The highest BCUT2D eigenvalue weighted by Crippen LogP contribution is 2.15. The predicted molar refractivity (Wildman–Crippen MR) is 62.5 cm³/mol. The molecule has 3 nitrogen and oxygen atoms in total. The third-order valence-electron chi connectivity index (χ3n) is 2.46. The summed E-state index contributed by atoms with van der Waals surface area (Å²) in [5, 5.41) is 17.6. The minimum absolute atomic E-state index is 0.120. The zero-order valence-electron chi connectivity index (χ0n) is 9.43. The highest BCUT2D eigenvalue weighted by molar-refractivity contribution is 5.25. The van der Waals surface area contributed by atoms with Crippen molar-refractivity contribution in [2.75, 3.05) is 20.1 Å². The number of nitrogens with zero attached hydrogens (tertiary/aromatic N) is 3. The molecule has 0 radical (unpaired) electrons. The first-order chi connectivity index (χ1) is 7.77. The fraction of sp³-hybridized carbons (Fsp3) is 0.385. The quantitative estimate of drug-likeness (QED) is 0.753. The number of benzene rings is 1. The lowest BCUT2D eigenvalue weighted by Gasteiger charge is -2.18. The Labute approximate surface area is 96.5 Å². The molecule has 82 valence electrons. The zero-order chi connectivity index (χ0) is 11.8. The molecular weight excluding hydrogens is 198 g/mol. The first kappa shape index (κ1) is 12.2. The van der Waals surface area contributed by atoms with Gasteiger partial charge in [-0.15, -0.1) is 0 Å². The Kier molecular flexibility index (Phi) is 5.05. The molecule has 0 aliphatic heterocycles. The van der Waals surface area contributed by atoms with Crippen molar-refractivity contribution in [1.29, 1.82) is 10.5 Å². The van der Waals surface area contributed by atoms with Crippen molar-refractivity contribution >= 4 is 0 Å². The maximum atomic E-state index is 9.11. The Morgan fingerprint density at radius 1 is 1.25 bits per heavy atom. The van der Waals surface area contributed by atoms with Gasteiger partial charge in [0.2, 0.25) is 0 Å². The van der Waals surface area contributed by atoms with Crippen LogP contribution in [0, 0.1) is 22.7 Å². The van der Waals surface area contributed by atoms with Crippen molar-refractivity contribution in [3.63, 3.8) is 0 Å². The van der Waals surface area contributed by atoms with Crippen LogP contribution in [0.2, 0.25) is 0 Å². The first-order valence-corrected chi connectivity index (χ1v) is 5.28. The average Bonchev–Trinajstić information content (AvgIpc) is 2.34. The van der Waals surface area contributed by atoms with Crippen LogP contribution in [-0.4, -0.2) is 25.0 Å². The summed E-state index contributed by atoms with van der Waals surface area (Å²) in [6, 6.07) is 14.2. The van der Waals surface area contributed by atoms with Crippen molar-refractivity contribution in [2.45, 2.75) is 12.3 Å². The van der Waals surface area contributed by atoms with E-state index in [0.29, 0.717) is 19.5 Å². The van der Waals surface area contributed by atoms with Gasteiger partial charge in [0.15, 0.2) is 0 Å². The Morgan fingerprint density at radius 2 is 1.94 bits per heavy atom. The van der Waals surface area contributed by atoms with Gasteiger partial charge in [-0.1, -0.05) is 30.3 Å². The number of likely N-dealkylation sites (N-methyl/N-ethyl adjacent to an activating group) is 1. The molecule has 3 heteroatoms. The van der Waals surface area contributed by atoms with Crippen LogP contribution in [0.5, 0.6) is 0 Å². The summed E-state index contributed by atoms with van der Waals surface area (Å²) in [7, 11) is 1.94. The van der Waals surface area contributed by atoms with Gasteiger partial charge < -0.3 is 4.90 Å². The molecule has 1 unspecified atom stereocenters. The van der Waals surface area contributed by atoms with Crippen molar-refractivity contribution < 1.29 is 0 Å². The van der Waals surface area contributed by atoms with Crippen molar-refractivity contribution in [2.24, 2.45) is 0 Å². The number of hydrogen-bond acceptors (Lipinski definition) is 3. The second-order valence-electron chi connectivity index (χ2n) is 3.76. The molecular formula is C13H15N3. The molecule has 1 aromatic carbocycles. The van der Waals surface area contributed by atoms with E-state index in [2.05, 4.69) is 12.1 Å². The predicted octanol–water partition coefficient (Wildman–Crippen LogP) is 2.14. The first-order valence-electron chi connectivity index (χ1n) is 5.28. The molecule has 1 aromatic rings. The fourth-order valence-corrected chi connectivity index (χ4v) is 1.55. The molecule has 0 saturated heterocycles. The highest BCUT2D eigenvalue weighted by atomic mass is 15.1. The van der Waals surface area contributed by atoms with Crippen LogP contribution in [0.25, 0.3) is 0 Å². The maximum absolute atomic E-state index is 9.11. The maximum Gasteiger partial charge on any atom is 0.0839 e. The van der Waals surface area contributed by atoms with Crippen molar-refractivity contribution in [3.8, 4) is 12.1 Å². The van der Waals surface area contributed by atoms with E-state index in [1.165, 1.54) is 0 Å². The lowest BCUT2D eigenvalue weighted by atomic mass is 10.0. The van der Waals surface area contributed by atoms with Gasteiger partial charge in [-0.05, 0) is 12.6 Å². The van der Waals surface area contributed by atoms with E-state index in [-0.39, 0.29) is 5.92 Å². The summed E-state index contributed by atoms with van der Waals surface area (Å²) in [4.78, 5) is 2.02. The smallest absolute Gasteiger partial charge is 0.0839 e. The van der Waals surface area contributed by atoms with Gasteiger partial charge in [-0.3, -0.25) is 0 Å². The standard InChI is InChI=1S/C13H15N3/c1-16(9-5-8-14)11-13(10-15)12-6-3-2-4-7-12/h2-4,6-7,13H,5,9,11H2,1H3. The van der Waals surface area contributed by atoms with Crippen LogP contribution < -0.4 is 0 Å². The van der Waals surface area contributed by atoms with Crippen LogP contribution >= 0.6 is 0 Å². The molecule has 0 saturated carbocycles. The summed E-state index contributed by atoms with van der Waals surface area (Å²) in [6.07, 6.45) is 0.503. The van der Waals surface area contributed by atoms with E-state index in [1.54, 1.807) is 0 Å². The third-order valence-corrected chi connectivity index (χ3v) is 2.46. The Balaban J connectivity index is 2.58. The molecule has 16 heavy (non-hydrogen) atoms. The van der Waals surface area contributed by atoms with Crippen LogP contribution in [0.15, 0.2) is 30.3 Å². The van der Waals surface area contributed by atoms with Gasteiger partial charge in [-0.25, -0.2) is 0 Å². The molecule has 1 rings (SSSR count). The number of rotatable bonds is 5. The summed E-state index contributed by atoms with van der Waals surface area (Å²) < 4.78 is 0. The molecule has 0 N–H and O–H groups in total. The van der Waals surface area contributed by atoms with Crippen LogP contribution in [0.1, 0.15) is 17.9 Å². The van der Waals surface area contributed by atoms with Crippen LogP contribution in [0.3, 0.4) is 0 Å². The van der Waals surface area contributed by atoms with Gasteiger partial charge in [-0.2, -0.15) is 10.5 Å². The summed E-state index contributed by atoms with van der Waals surface area (Å²) in [5.41, 5.74) is 1.04. The van der Waals surface area contributed by atoms with E-state index in [4.69, 9.17) is 10.5 Å². The zero-order valence-corrected chi connectivity index (χ0v) is 9.43. The van der Waals surface area contributed by atoms with Crippen LogP contribution in [0.4, 0.5) is 0 Å². The summed E-state index contributed by atoms with van der Waals surface area (Å²) in [5.74, 6) is -0.120. The summed E-state index contributed by atoms with van der Waals surface area (Å²) >= 11 is 0. The molecule has 0 aliphatic carbocycles. The SMILES string of the molecule is CN(CCC#N)CC(C#N)c1ccccc1. The third kappa shape index (κ3) is 3.73. The Bertz CT molecular complexity index is 386. The second kappa shape index (κ2) is 6.61. The molecule has 0 bridgehead atoms.